The van der Waals surface area contributed by atoms with E-state index in [4.69, 9.17) is 4.74 Å². The van der Waals surface area contributed by atoms with Crippen molar-refractivity contribution in [2.75, 3.05) is 38.7 Å². The van der Waals surface area contributed by atoms with Crippen molar-refractivity contribution >= 4 is 27.5 Å². The standard InChI is InChI=1S/C17H26BrN3O2/c1-13(17(22)20-16-5-3-4-14(18)12-16)19-15-6-8-21(9-7-15)10-11-23-2/h3-5,12-13,15,19H,6-11H2,1-2H3,(H,20,22)/t13-/m1/s1. The van der Waals surface area contributed by atoms with Crippen LogP contribution in [0.25, 0.3) is 0 Å². The molecular formula is C17H26BrN3O2. The van der Waals surface area contributed by atoms with Crippen LogP contribution < -0.4 is 10.6 Å². The summed E-state index contributed by atoms with van der Waals surface area (Å²) in [5.74, 6) is 0.00455. The third kappa shape index (κ3) is 6.22. The van der Waals surface area contributed by atoms with Gasteiger partial charge in [0.25, 0.3) is 0 Å². The van der Waals surface area contributed by atoms with Crippen LogP contribution in [0.2, 0.25) is 0 Å². The second-order valence-corrected chi connectivity index (χ2v) is 6.91. The predicted molar refractivity (Wildman–Crippen MR) is 96.7 cm³/mol. The number of rotatable bonds is 7. The summed E-state index contributed by atoms with van der Waals surface area (Å²) in [7, 11) is 1.74. The smallest absolute Gasteiger partial charge is 0.241 e. The van der Waals surface area contributed by atoms with E-state index >= 15 is 0 Å². The van der Waals surface area contributed by atoms with E-state index in [0.717, 1.165) is 49.2 Å². The molecule has 1 aliphatic rings. The number of nitrogens with zero attached hydrogens (tertiary/aromatic N) is 1. The summed E-state index contributed by atoms with van der Waals surface area (Å²) in [6, 6.07) is 7.84. The molecule has 0 spiro atoms. The summed E-state index contributed by atoms with van der Waals surface area (Å²) < 4.78 is 6.08. The average Bonchev–Trinajstić information content (AvgIpc) is 2.54. The van der Waals surface area contributed by atoms with Gasteiger partial charge in [0.15, 0.2) is 0 Å². The van der Waals surface area contributed by atoms with Crippen LogP contribution in [-0.4, -0.2) is 56.2 Å². The normalized spacial score (nSPS) is 17.9. The first-order valence-corrected chi connectivity index (χ1v) is 8.91. The Kier molecular flexibility index (Phi) is 7.49. The number of amides is 1. The molecule has 1 aliphatic heterocycles. The van der Waals surface area contributed by atoms with Gasteiger partial charge in [-0.3, -0.25) is 4.79 Å². The van der Waals surface area contributed by atoms with E-state index in [1.54, 1.807) is 7.11 Å². The minimum atomic E-state index is -0.204. The number of benzene rings is 1. The minimum absolute atomic E-state index is 0.00455. The molecule has 1 fully saturated rings. The molecule has 0 radical (unpaired) electrons. The van der Waals surface area contributed by atoms with E-state index in [-0.39, 0.29) is 11.9 Å². The summed E-state index contributed by atoms with van der Waals surface area (Å²) in [6.45, 7) is 5.80. The Labute approximate surface area is 146 Å². The second-order valence-electron chi connectivity index (χ2n) is 6.00. The zero-order valence-electron chi connectivity index (χ0n) is 13.8. The number of nitrogens with one attached hydrogen (secondary N) is 2. The highest BCUT2D eigenvalue weighted by Gasteiger charge is 2.22. The van der Waals surface area contributed by atoms with Crippen LogP contribution in [0.4, 0.5) is 5.69 Å². The number of carbonyl (C=O) groups is 1. The van der Waals surface area contributed by atoms with Crippen molar-refractivity contribution in [1.29, 1.82) is 0 Å². The number of hydrogen-bond donors (Lipinski definition) is 2. The van der Waals surface area contributed by atoms with Crippen LogP contribution in [0.5, 0.6) is 0 Å². The highest BCUT2D eigenvalue weighted by atomic mass is 79.9. The molecule has 6 heteroatoms. The van der Waals surface area contributed by atoms with E-state index in [1.807, 2.05) is 31.2 Å². The molecule has 1 amide bonds. The van der Waals surface area contributed by atoms with Gasteiger partial charge in [-0.25, -0.2) is 0 Å². The molecule has 2 N–H and O–H groups in total. The van der Waals surface area contributed by atoms with Crippen LogP contribution in [-0.2, 0) is 9.53 Å². The summed E-state index contributed by atoms with van der Waals surface area (Å²) in [5.41, 5.74) is 0.812. The maximum atomic E-state index is 12.3. The first-order chi connectivity index (χ1) is 11.1. The molecule has 1 aromatic rings. The summed E-state index contributed by atoms with van der Waals surface area (Å²) >= 11 is 3.41. The van der Waals surface area contributed by atoms with Gasteiger partial charge in [0, 0.05) is 29.9 Å². The predicted octanol–water partition coefficient (Wildman–Crippen LogP) is 2.48. The molecule has 0 aliphatic carbocycles. The van der Waals surface area contributed by atoms with Gasteiger partial charge in [-0.05, 0) is 51.1 Å². The van der Waals surface area contributed by atoms with Crippen LogP contribution in [0.3, 0.4) is 0 Å². The number of anilines is 1. The number of likely N-dealkylation sites (tertiary alicyclic amines) is 1. The number of hydrogen-bond acceptors (Lipinski definition) is 4. The van der Waals surface area contributed by atoms with Gasteiger partial charge in [-0.15, -0.1) is 0 Å². The first kappa shape index (κ1) is 18.4. The largest absolute Gasteiger partial charge is 0.383 e. The SMILES string of the molecule is COCCN1CCC(N[C@H](C)C(=O)Nc2cccc(Br)c2)CC1. The second kappa shape index (κ2) is 9.37. The van der Waals surface area contributed by atoms with Crippen molar-refractivity contribution < 1.29 is 9.53 Å². The highest BCUT2D eigenvalue weighted by Crippen LogP contribution is 2.16. The topological polar surface area (TPSA) is 53.6 Å². The molecule has 5 nitrogen and oxygen atoms in total. The molecular weight excluding hydrogens is 358 g/mol. The Morgan fingerprint density at radius 2 is 2.17 bits per heavy atom. The van der Waals surface area contributed by atoms with Crippen molar-refractivity contribution in [2.45, 2.75) is 31.8 Å². The molecule has 1 atom stereocenters. The van der Waals surface area contributed by atoms with E-state index in [0.29, 0.717) is 6.04 Å². The van der Waals surface area contributed by atoms with Gasteiger partial charge in [0.05, 0.1) is 12.6 Å². The van der Waals surface area contributed by atoms with E-state index in [9.17, 15) is 4.79 Å². The van der Waals surface area contributed by atoms with Crippen molar-refractivity contribution in [3.05, 3.63) is 28.7 Å². The van der Waals surface area contributed by atoms with Crippen molar-refractivity contribution in [3.8, 4) is 0 Å². The van der Waals surface area contributed by atoms with Gasteiger partial charge in [0.1, 0.15) is 0 Å². The zero-order chi connectivity index (χ0) is 16.7. The number of methoxy groups -OCH3 is 1. The molecule has 2 rings (SSSR count). The Morgan fingerprint density at radius 3 is 2.83 bits per heavy atom. The lowest BCUT2D eigenvalue weighted by molar-refractivity contribution is -0.118. The van der Waals surface area contributed by atoms with E-state index in [1.165, 1.54) is 0 Å². The van der Waals surface area contributed by atoms with Gasteiger partial charge >= 0.3 is 0 Å². The van der Waals surface area contributed by atoms with E-state index < -0.39 is 0 Å². The molecule has 0 saturated carbocycles. The quantitative estimate of drug-likeness (QED) is 0.759. The van der Waals surface area contributed by atoms with Crippen molar-refractivity contribution in [1.82, 2.24) is 10.2 Å². The molecule has 1 aromatic carbocycles. The van der Waals surface area contributed by atoms with Crippen LogP contribution >= 0.6 is 15.9 Å². The lowest BCUT2D eigenvalue weighted by atomic mass is 10.0. The molecule has 0 aromatic heterocycles. The lowest BCUT2D eigenvalue weighted by Crippen LogP contribution is -2.49. The Bertz CT molecular complexity index is 504. The fourth-order valence-corrected chi connectivity index (χ4v) is 3.19. The molecule has 0 bridgehead atoms. The molecule has 128 valence electrons. The fraction of sp³-hybridized carbons (Fsp3) is 0.588. The summed E-state index contributed by atoms with van der Waals surface area (Å²) in [5, 5.41) is 6.40. The number of halogens is 1. The van der Waals surface area contributed by atoms with Gasteiger partial charge in [-0.2, -0.15) is 0 Å². The van der Waals surface area contributed by atoms with Crippen LogP contribution in [0.1, 0.15) is 19.8 Å². The third-order valence-electron chi connectivity index (χ3n) is 4.17. The number of ether oxygens (including phenoxy) is 1. The molecule has 0 unspecified atom stereocenters. The van der Waals surface area contributed by atoms with Gasteiger partial charge < -0.3 is 20.3 Å². The third-order valence-corrected chi connectivity index (χ3v) is 4.66. The molecule has 23 heavy (non-hydrogen) atoms. The zero-order valence-corrected chi connectivity index (χ0v) is 15.4. The van der Waals surface area contributed by atoms with Crippen LogP contribution in [0.15, 0.2) is 28.7 Å². The lowest BCUT2D eigenvalue weighted by Gasteiger charge is -2.33. The highest BCUT2D eigenvalue weighted by molar-refractivity contribution is 9.10. The van der Waals surface area contributed by atoms with Crippen molar-refractivity contribution in [3.63, 3.8) is 0 Å². The molecule has 1 saturated heterocycles. The minimum Gasteiger partial charge on any atom is -0.383 e. The number of piperidine rings is 1. The maximum Gasteiger partial charge on any atom is 0.241 e. The summed E-state index contributed by atoms with van der Waals surface area (Å²) in [4.78, 5) is 14.7. The van der Waals surface area contributed by atoms with Gasteiger partial charge in [0.2, 0.25) is 5.91 Å². The van der Waals surface area contributed by atoms with E-state index in [2.05, 4.69) is 31.5 Å². The summed E-state index contributed by atoms with van der Waals surface area (Å²) in [6.07, 6.45) is 2.14. The molecule has 1 heterocycles. The van der Waals surface area contributed by atoms with Crippen molar-refractivity contribution in [2.24, 2.45) is 0 Å². The number of carbonyl (C=O) groups excluding carboxylic acids is 1. The Balaban J connectivity index is 1.74. The van der Waals surface area contributed by atoms with Crippen LogP contribution in [0, 0.1) is 0 Å². The first-order valence-electron chi connectivity index (χ1n) is 8.12. The Morgan fingerprint density at radius 1 is 1.43 bits per heavy atom. The fourth-order valence-electron chi connectivity index (χ4n) is 2.79. The monoisotopic (exact) mass is 383 g/mol. The van der Waals surface area contributed by atoms with Gasteiger partial charge in [-0.1, -0.05) is 22.0 Å². The maximum absolute atomic E-state index is 12.3. The average molecular weight is 384 g/mol. The Hall–Kier alpha value is -0.950.